The second kappa shape index (κ2) is 4.23. The lowest BCUT2D eigenvalue weighted by molar-refractivity contribution is 0.173. The Kier molecular flexibility index (Phi) is 2.96. The monoisotopic (exact) mass is 205 g/mol. The van der Waals surface area contributed by atoms with Gasteiger partial charge in [-0.1, -0.05) is 19.1 Å². The highest BCUT2D eigenvalue weighted by Gasteiger charge is 2.26. The molecule has 0 spiro atoms. The third-order valence-corrected chi connectivity index (χ3v) is 3.17. The van der Waals surface area contributed by atoms with E-state index in [0.29, 0.717) is 0 Å². The summed E-state index contributed by atoms with van der Waals surface area (Å²) < 4.78 is 0. The van der Waals surface area contributed by atoms with Crippen molar-refractivity contribution in [2.45, 2.75) is 38.3 Å². The lowest BCUT2D eigenvalue weighted by Crippen LogP contribution is -2.19. The Labute approximate surface area is 91.5 Å². The number of nitrogens with zero attached hydrogens (tertiary/aromatic N) is 1. The first-order valence-electron chi connectivity index (χ1n) is 5.73. The lowest BCUT2D eigenvalue weighted by Gasteiger charge is -2.19. The second-order valence-corrected chi connectivity index (χ2v) is 4.36. The van der Waals surface area contributed by atoms with Crippen molar-refractivity contribution in [3.8, 4) is 0 Å². The Hall–Kier alpha value is -1.02. The molecule has 2 rings (SSSR count). The fraction of sp³-hybridized carbons (Fsp3) is 0.538. The molecule has 0 amide bonds. The van der Waals surface area contributed by atoms with Crippen LogP contribution in [-0.4, -0.2) is 18.2 Å². The normalized spacial score (nSPS) is 17.5. The van der Waals surface area contributed by atoms with E-state index in [9.17, 15) is 5.11 Å². The van der Waals surface area contributed by atoms with Crippen LogP contribution >= 0.6 is 0 Å². The summed E-state index contributed by atoms with van der Waals surface area (Å²) >= 11 is 0. The molecule has 1 aromatic rings. The van der Waals surface area contributed by atoms with Gasteiger partial charge in [-0.25, -0.2) is 0 Å². The van der Waals surface area contributed by atoms with Gasteiger partial charge in [-0.2, -0.15) is 0 Å². The number of hydrogen-bond donors (Lipinski definition) is 1. The number of rotatable bonds is 4. The molecule has 0 bridgehead atoms. The molecule has 0 heterocycles. The molecule has 1 atom stereocenters. The quantitative estimate of drug-likeness (QED) is 0.817. The molecule has 1 fully saturated rings. The zero-order valence-corrected chi connectivity index (χ0v) is 9.48. The van der Waals surface area contributed by atoms with Crippen molar-refractivity contribution in [3.05, 3.63) is 29.8 Å². The molecule has 1 aliphatic carbocycles. The van der Waals surface area contributed by atoms with Gasteiger partial charge in [-0.05, 0) is 37.0 Å². The maximum Gasteiger partial charge on any atom is 0.0787 e. The fourth-order valence-electron chi connectivity index (χ4n) is 1.84. The molecule has 1 unspecified atom stereocenters. The zero-order chi connectivity index (χ0) is 10.8. The van der Waals surface area contributed by atoms with Crippen molar-refractivity contribution < 1.29 is 5.11 Å². The molecule has 1 N–H and O–H groups in total. The molecule has 2 nitrogen and oxygen atoms in total. The van der Waals surface area contributed by atoms with Crippen LogP contribution in [0.5, 0.6) is 0 Å². The Balaban J connectivity index is 2.09. The van der Waals surface area contributed by atoms with Crippen LogP contribution in [0.15, 0.2) is 24.3 Å². The van der Waals surface area contributed by atoms with Gasteiger partial charge < -0.3 is 10.0 Å². The Morgan fingerprint density at radius 2 is 1.93 bits per heavy atom. The predicted octanol–water partition coefficient (Wildman–Crippen LogP) is 2.73. The predicted molar refractivity (Wildman–Crippen MR) is 63.1 cm³/mol. The van der Waals surface area contributed by atoms with Gasteiger partial charge in [0.05, 0.1) is 6.10 Å². The van der Waals surface area contributed by atoms with E-state index in [2.05, 4.69) is 24.1 Å². The minimum Gasteiger partial charge on any atom is -0.388 e. The first kappa shape index (κ1) is 10.5. The van der Waals surface area contributed by atoms with Crippen LogP contribution in [0, 0.1) is 0 Å². The average molecular weight is 205 g/mol. The molecule has 1 saturated carbocycles. The van der Waals surface area contributed by atoms with E-state index >= 15 is 0 Å². The van der Waals surface area contributed by atoms with Crippen LogP contribution in [0.3, 0.4) is 0 Å². The lowest BCUT2D eigenvalue weighted by atomic mass is 10.1. The summed E-state index contributed by atoms with van der Waals surface area (Å²) in [7, 11) is 2.14. The van der Waals surface area contributed by atoms with Crippen molar-refractivity contribution in [3.63, 3.8) is 0 Å². The van der Waals surface area contributed by atoms with Gasteiger partial charge in [0, 0.05) is 18.8 Å². The van der Waals surface area contributed by atoms with E-state index in [1.807, 2.05) is 19.1 Å². The standard InChI is InChI=1S/C13H19NO/c1-3-13(15)10-4-6-11(7-5-10)14(2)12-8-9-12/h4-7,12-13,15H,3,8-9H2,1-2H3. The molecule has 0 aromatic heterocycles. The van der Waals surface area contributed by atoms with Crippen molar-refractivity contribution in [1.82, 2.24) is 0 Å². The molecule has 0 saturated heterocycles. The van der Waals surface area contributed by atoms with E-state index in [-0.39, 0.29) is 6.10 Å². The number of aliphatic hydroxyl groups is 1. The fourth-order valence-corrected chi connectivity index (χ4v) is 1.84. The Morgan fingerprint density at radius 3 is 2.40 bits per heavy atom. The van der Waals surface area contributed by atoms with Gasteiger partial charge in [0.25, 0.3) is 0 Å². The maximum atomic E-state index is 9.67. The van der Waals surface area contributed by atoms with Crippen molar-refractivity contribution in [2.75, 3.05) is 11.9 Å². The smallest absolute Gasteiger partial charge is 0.0787 e. The molecule has 1 aromatic carbocycles. The topological polar surface area (TPSA) is 23.5 Å². The summed E-state index contributed by atoms with van der Waals surface area (Å²) in [4.78, 5) is 2.32. The van der Waals surface area contributed by atoms with Crippen LogP contribution in [0.25, 0.3) is 0 Å². The molecular formula is C13H19NO. The molecule has 0 aliphatic heterocycles. The zero-order valence-electron chi connectivity index (χ0n) is 9.48. The first-order valence-corrected chi connectivity index (χ1v) is 5.73. The van der Waals surface area contributed by atoms with Gasteiger partial charge in [-0.3, -0.25) is 0 Å². The summed E-state index contributed by atoms with van der Waals surface area (Å²) in [6.07, 6.45) is 3.09. The van der Waals surface area contributed by atoms with E-state index in [1.165, 1.54) is 18.5 Å². The summed E-state index contributed by atoms with van der Waals surface area (Å²) in [5.74, 6) is 0. The summed E-state index contributed by atoms with van der Waals surface area (Å²) in [5, 5.41) is 9.67. The van der Waals surface area contributed by atoms with Gasteiger partial charge in [0.2, 0.25) is 0 Å². The van der Waals surface area contributed by atoms with Crippen LogP contribution in [0.2, 0.25) is 0 Å². The molecule has 2 heteroatoms. The molecular weight excluding hydrogens is 186 g/mol. The number of aliphatic hydroxyl groups excluding tert-OH is 1. The van der Waals surface area contributed by atoms with Crippen molar-refractivity contribution in [2.24, 2.45) is 0 Å². The third-order valence-electron chi connectivity index (χ3n) is 3.17. The largest absolute Gasteiger partial charge is 0.388 e. The average Bonchev–Trinajstić information content (AvgIpc) is 3.11. The van der Waals surface area contributed by atoms with Crippen LogP contribution in [0.1, 0.15) is 37.9 Å². The molecule has 15 heavy (non-hydrogen) atoms. The first-order chi connectivity index (χ1) is 7.22. The highest BCUT2D eigenvalue weighted by molar-refractivity contribution is 5.49. The highest BCUT2D eigenvalue weighted by atomic mass is 16.3. The minimum absolute atomic E-state index is 0.315. The van der Waals surface area contributed by atoms with Gasteiger partial charge in [-0.15, -0.1) is 0 Å². The van der Waals surface area contributed by atoms with E-state index in [1.54, 1.807) is 0 Å². The van der Waals surface area contributed by atoms with E-state index < -0.39 is 0 Å². The maximum absolute atomic E-state index is 9.67. The number of anilines is 1. The summed E-state index contributed by atoms with van der Waals surface area (Å²) in [5.41, 5.74) is 2.27. The third kappa shape index (κ3) is 2.32. The van der Waals surface area contributed by atoms with Gasteiger partial charge in [0.1, 0.15) is 0 Å². The van der Waals surface area contributed by atoms with Crippen molar-refractivity contribution >= 4 is 5.69 Å². The molecule has 0 radical (unpaired) electrons. The van der Waals surface area contributed by atoms with Crippen molar-refractivity contribution in [1.29, 1.82) is 0 Å². The highest BCUT2D eigenvalue weighted by Crippen LogP contribution is 2.30. The van der Waals surface area contributed by atoms with Crippen LogP contribution < -0.4 is 4.90 Å². The van der Waals surface area contributed by atoms with E-state index in [0.717, 1.165) is 18.0 Å². The Morgan fingerprint density at radius 1 is 1.33 bits per heavy atom. The van der Waals surface area contributed by atoms with Gasteiger partial charge >= 0.3 is 0 Å². The molecule has 1 aliphatic rings. The number of hydrogen-bond acceptors (Lipinski definition) is 2. The SMILES string of the molecule is CCC(O)c1ccc(N(C)C2CC2)cc1. The second-order valence-electron chi connectivity index (χ2n) is 4.36. The number of benzene rings is 1. The van der Waals surface area contributed by atoms with Gasteiger partial charge in [0.15, 0.2) is 0 Å². The Bertz CT molecular complexity index is 316. The minimum atomic E-state index is -0.315. The summed E-state index contributed by atoms with van der Waals surface area (Å²) in [6.45, 7) is 1.99. The van der Waals surface area contributed by atoms with E-state index in [4.69, 9.17) is 0 Å². The van der Waals surface area contributed by atoms with Crippen LogP contribution in [-0.2, 0) is 0 Å². The summed E-state index contributed by atoms with van der Waals surface area (Å²) in [6, 6.07) is 9.01. The molecule has 82 valence electrons. The van der Waals surface area contributed by atoms with Crippen LogP contribution in [0.4, 0.5) is 5.69 Å².